The Labute approximate surface area is 195 Å². The first kappa shape index (κ1) is 20.7. The first-order chi connectivity index (χ1) is 15.5. The summed E-state index contributed by atoms with van der Waals surface area (Å²) in [6, 6.07) is 21.0. The molecule has 160 valence electrons. The Morgan fingerprint density at radius 1 is 1.03 bits per heavy atom. The molecule has 0 bridgehead atoms. The number of aromatic nitrogens is 1. The number of benzene rings is 2. The summed E-state index contributed by atoms with van der Waals surface area (Å²) in [4.78, 5) is 6.27. The number of furan rings is 1. The van der Waals surface area contributed by atoms with Crippen LogP contribution in [0.4, 0.5) is 10.1 Å². The zero-order valence-corrected chi connectivity index (χ0v) is 18.7. The molecule has 2 aromatic heterocycles. The Hall–Kier alpha value is -3.22. The highest BCUT2D eigenvalue weighted by atomic mass is 35.5. The minimum atomic E-state index is -0.428. The fourth-order valence-electron chi connectivity index (χ4n) is 4.08. The van der Waals surface area contributed by atoms with Crippen molar-refractivity contribution in [3.05, 3.63) is 107 Å². The summed E-state index contributed by atoms with van der Waals surface area (Å²) in [7, 11) is 0. The molecule has 7 heteroatoms. The first-order valence-electron chi connectivity index (χ1n) is 10.1. The molecule has 1 aliphatic rings. The van der Waals surface area contributed by atoms with Crippen molar-refractivity contribution in [1.82, 2.24) is 10.3 Å². The molecular weight excluding hydrogens is 445 g/mol. The van der Waals surface area contributed by atoms with Gasteiger partial charge in [-0.3, -0.25) is 4.98 Å². The predicted molar refractivity (Wildman–Crippen MR) is 128 cm³/mol. The third-order valence-corrected chi connectivity index (χ3v) is 6.39. The first-order valence-corrected chi connectivity index (χ1v) is 10.9. The minimum absolute atomic E-state index is 0.317. The zero-order valence-electron chi connectivity index (χ0n) is 17.1. The molecule has 0 amide bonds. The number of nitrogens with zero attached hydrogens (tertiary/aromatic N) is 2. The normalized spacial score (nSPS) is 18.1. The lowest BCUT2D eigenvalue weighted by atomic mass is 10.0. The molecule has 0 spiro atoms. The summed E-state index contributed by atoms with van der Waals surface area (Å²) in [5, 5.41) is 4.39. The third kappa shape index (κ3) is 3.55. The van der Waals surface area contributed by atoms with Crippen molar-refractivity contribution in [2.75, 3.05) is 4.90 Å². The Kier molecular flexibility index (Phi) is 5.41. The zero-order chi connectivity index (χ0) is 22.2. The van der Waals surface area contributed by atoms with Crippen LogP contribution in [0.5, 0.6) is 0 Å². The quantitative estimate of drug-likeness (QED) is 0.344. The van der Waals surface area contributed by atoms with E-state index in [0.717, 1.165) is 16.8 Å². The lowest BCUT2D eigenvalue weighted by Crippen LogP contribution is -2.30. The van der Waals surface area contributed by atoms with Crippen LogP contribution in [0, 0.1) is 12.7 Å². The average molecular weight is 464 g/mol. The van der Waals surface area contributed by atoms with Crippen LogP contribution in [0.2, 0.25) is 5.02 Å². The van der Waals surface area contributed by atoms with E-state index in [1.54, 1.807) is 29.3 Å². The van der Waals surface area contributed by atoms with Gasteiger partial charge >= 0.3 is 0 Å². The van der Waals surface area contributed by atoms with Gasteiger partial charge in [-0.2, -0.15) is 0 Å². The van der Waals surface area contributed by atoms with Crippen molar-refractivity contribution >= 4 is 34.6 Å². The fraction of sp³-hybridized carbons (Fsp3) is 0.120. The number of para-hydroxylation sites is 1. The molecule has 0 unspecified atom stereocenters. The van der Waals surface area contributed by atoms with Gasteiger partial charge in [-0.25, -0.2) is 4.39 Å². The van der Waals surface area contributed by atoms with Gasteiger partial charge in [0.15, 0.2) is 5.11 Å². The highest BCUT2D eigenvalue weighted by molar-refractivity contribution is 7.80. The molecule has 0 radical (unpaired) electrons. The molecule has 4 nitrogen and oxygen atoms in total. The Bertz CT molecular complexity index is 1290. The fourth-order valence-corrected chi connectivity index (χ4v) is 4.59. The van der Waals surface area contributed by atoms with E-state index in [-0.39, 0.29) is 11.9 Å². The maximum atomic E-state index is 14.8. The van der Waals surface area contributed by atoms with Gasteiger partial charge in [0.25, 0.3) is 0 Å². The number of anilines is 1. The lowest BCUT2D eigenvalue weighted by Gasteiger charge is -2.26. The van der Waals surface area contributed by atoms with E-state index in [1.807, 2.05) is 55.5 Å². The van der Waals surface area contributed by atoms with E-state index in [0.29, 0.717) is 27.3 Å². The van der Waals surface area contributed by atoms with Crippen molar-refractivity contribution in [3.63, 3.8) is 0 Å². The standard InChI is InChI=1S/C25H19ClFN3OS/c1-15-16(7-6-8-17(15)26)21-12-13-22(31-21)24-23(19-10-4-5-14-28-19)29-25(32)30(24)20-11-3-2-9-18(20)27/h2-14,23-24H,1H3,(H,29,32)/t23-,24+/m1/s1. The second-order valence-electron chi connectivity index (χ2n) is 7.56. The van der Waals surface area contributed by atoms with Gasteiger partial charge in [-0.1, -0.05) is 41.9 Å². The van der Waals surface area contributed by atoms with Crippen LogP contribution in [0.25, 0.3) is 11.3 Å². The van der Waals surface area contributed by atoms with Gasteiger partial charge in [-0.15, -0.1) is 0 Å². The molecule has 0 saturated carbocycles. The maximum absolute atomic E-state index is 14.8. The van der Waals surface area contributed by atoms with Gasteiger partial charge in [0.05, 0.1) is 17.4 Å². The van der Waals surface area contributed by atoms with Crippen molar-refractivity contribution < 1.29 is 8.81 Å². The van der Waals surface area contributed by atoms with Crippen molar-refractivity contribution in [3.8, 4) is 11.3 Å². The van der Waals surface area contributed by atoms with Crippen LogP contribution < -0.4 is 10.2 Å². The molecule has 1 fully saturated rings. The summed E-state index contributed by atoms with van der Waals surface area (Å²) >= 11 is 11.9. The molecule has 0 aliphatic carbocycles. The van der Waals surface area contributed by atoms with Gasteiger partial charge in [0.2, 0.25) is 0 Å². The SMILES string of the molecule is Cc1c(Cl)cccc1-c1ccc([C@H]2[C@@H](c3ccccn3)NC(=S)N2c2ccccc2F)o1. The molecule has 5 rings (SSSR count). The monoisotopic (exact) mass is 463 g/mol. The van der Waals surface area contributed by atoms with Gasteiger partial charge in [0, 0.05) is 16.8 Å². The molecule has 1 saturated heterocycles. The summed E-state index contributed by atoms with van der Waals surface area (Å²) < 4.78 is 21.1. The number of thiocarbonyl (C=S) groups is 1. The Morgan fingerprint density at radius 2 is 1.84 bits per heavy atom. The van der Waals surface area contributed by atoms with Crippen LogP contribution in [0.3, 0.4) is 0 Å². The average Bonchev–Trinajstić information content (AvgIpc) is 3.41. The van der Waals surface area contributed by atoms with Crippen LogP contribution in [-0.4, -0.2) is 10.1 Å². The second-order valence-corrected chi connectivity index (χ2v) is 8.36. The van der Waals surface area contributed by atoms with E-state index in [9.17, 15) is 4.39 Å². The number of nitrogens with one attached hydrogen (secondary N) is 1. The smallest absolute Gasteiger partial charge is 0.174 e. The van der Waals surface area contributed by atoms with Crippen molar-refractivity contribution in [1.29, 1.82) is 0 Å². The van der Waals surface area contributed by atoms with Crippen molar-refractivity contribution in [2.24, 2.45) is 0 Å². The second kappa shape index (κ2) is 8.37. The highest BCUT2D eigenvalue weighted by Gasteiger charge is 2.43. The number of rotatable bonds is 4. The summed E-state index contributed by atoms with van der Waals surface area (Å²) in [6.07, 6.45) is 1.73. The Morgan fingerprint density at radius 3 is 2.62 bits per heavy atom. The van der Waals surface area contributed by atoms with Crippen LogP contribution in [-0.2, 0) is 0 Å². The number of hydrogen-bond donors (Lipinski definition) is 1. The van der Waals surface area contributed by atoms with Crippen molar-refractivity contribution in [2.45, 2.75) is 19.0 Å². The minimum Gasteiger partial charge on any atom is -0.459 e. The summed E-state index contributed by atoms with van der Waals surface area (Å²) in [5.74, 6) is 0.970. The van der Waals surface area contributed by atoms with E-state index in [4.69, 9.17) is 28.2 Å². The van der Waals surface area contributed by atoms with Gasteiger partial charge in [0.1, 0.15) is 23.4 Å². The van der Waals surface area contributed by atoms with E-state index >= 15 is 0 Å². The third-order valence-electron chi connectivity index (χ3n) is 5.66. The molecule has 3 heterocycles. The van der Waals surface area contributed by atoms with E-state index < -0.39 is 6.04 Å². The van der Waals surface area contributed by atoms with Crippen LogP contribution in [0.15, 0.2) is 83.4 Å². The summed E-state index contributed by atoms with van der Waals surface area (Å²) in [6.45, 7) is 1.95. The van der Waals surface area contributed by atoms with E-state index in [1.165, 1.54) is 6.07 Å². The number of pyridine rings is 1. The number of halogens is 2. The molecule has 1 aliphatic heterocycles. The number of hydrogen-bond acceptors (Lipinski definition) is 3. The summed E-state index contributed by atoms with van der Waals surface area (Å²) in [5.41, 5.74) is 3.01. The van der Waals surface area contributed by atoms with Crippen LogP contribution in [0.1, 0.15) is 29.1 Å². The van der Waals surface area contributed by atoms with E-state index in [2.05, 4.69) is 10.3 Å². The lowest BCUT2D eigenvalue weighted by molar-refractivity contribution is 0.437. The molecule has 32 heavy (non-hydrogen) atoms. The van der Waals surface area contributed by atoms with Crippen LogP contribution >= 0.6 is 23.8 Å². The highest BCUT2D eigenvalue weighted by Crippen LogP contribution is 2.43. The largest absolute Gasteiger partial charge is 0.459 e. The topological polar surface area (TPSA) is 41.3 Å². The molecule has 4 aromatic rings. The maximum Gasteiger partial charge on any atom is 0.174 e. The molecule has 2 atom stereocenters. The molecule has 1 N–H and O–H groups in total. The molecular formula is C25H19ClFN3OS. The van der Waals surface area contributed by atoms with Gasteiger partial charge < -0.3 is 14.6 Å². The predicted octanol–water partition coefficient (Wildman–Crippen LogP) is 6.62. The Balaban J connectivity index is 1.63. The molecule has 2 aromatic carbocycles. The van der Waals surface area contributed by atoms with Gasteiger partial charge in [-0.05, 0) is 67.2 Å².